The normalized spacial score (nSPS) is 11.4. The highest BCUT2D eigenvalue weighted by molar-refractivity contribution is 7.90. The van der Waals surface area contributed by atoms with Crippen molar-refractivity contribution in [2.24, 2.45) is 0 Å². The van der Waals surface area contributed by atoms with Crippen LogP contribution in [0.25, 0.3) is 6.08 Å². The van der Waals surface area contributed by atoms with Gasteiger partial charge in [-0.3, -0.25) is 14.9 Å². The number of nitro groups is 1. The smallest absolute Gasteiger partial charge is 0.276 e. The predicted molar refractivity (Wildman–Crippen MR) is 90.3 cm³/mol. The summed E-state index contributed by atoms with van der Waals surface area (Å²) in [6, 6.07) is 11.8. The molecule has 0 radical (unpaired) electrons. The number of anilines is 1. The Kier molecular flexibility index (Phi) is 5.10. The Morgan fingerprint density at radius 1 is 1.17 bits per heavy atom. The maximum atomic E-state index is 11.9. The molecule has 0 saturated carbocycles. The van der Waals surface area contributed by atoms with Gasteiger partial charge in [0.15, 0.2) is 9.84 Å². The number of hydrogen-bond acceptors (Lipinski definition) is 5. The topological polar surface area (TPSA) is 106 Å². The number of rotatable bonds is 5. The largest absolute Gasteiger partial charge is 0.322 e. The Morgan fingerprint density at radius 2 is 1.88 bits per heavy atom. The maximum absolute atomic E-state index is 11.9. The summed E-state index contributed by atoms with van der Waals surface area (Å²) in [6.45, 7) is 0. The minimum absolute atomic E-state index is 0.0861. The third kappa shape index (κ3) is 4.50. The summed E-state index contributed by atoms with van der Waals surface area (Å²) in [5.41, 5.74) is 0.498. The van der Waals surface area contributed by atoms with Crippen molar-refractivity contribution in [3.8, 4) is 0 Å². The van der Waals surface area contributed by atoms with Crippen molar-refractivity contribution < 1.29 is 18.1 Å². The molecule has 0 aliphatic carbocycles. The summed E-state index contributed by atoms with van der Waals surface area (Å²) >= 11 is 0. The second kappa shape index (κ2) is 7.05. The third-order valence-corrected chi connectivity index (χ3v) is 4.19. The van der Waals surface area contributed by atoms with Gasteiger partial charge in [0.25, 0.3) is 5.69 Å². The highest BCUT2D eigenvalue weighted by Crippen LogP contribution is 2.19. The summed E-state index contributed by atoms with van der Waals surface area (Å²) in [7, 11) is -3.38. The minimum atomic E-state index is -3.38. The van der Waals surface area contributed by atoms with Crippen molar-refractivity contribution in [1.82, 2.24) is 0 Å². The number of nitrogens with zero attached hydrogens (tertiary/aromatic N) is 1. The minimum Gasteiger partial charge on any atom is -0.322 e. The van der Waals surface area contributed by atoms with Crippen LogP contribution in [-0.4, -0.2) is 25.5 Å². The van der Waals surface area contributed by atoms with E-state index in [2.05, 4.69) is 5.32 Å². The lowest BCUT2D eigenvalue weighted by Crippen LogP contribution is -2.08. The molecule has 24 heavy (non-hydrogen) atoms. The van der Waals surface area contributed by atoms with Crippen molar-refractivity contribution in [2.75, 3.05) is 11.6 Å². The van der Waals surface area contributed by atoms with E-state index < -0.39 is 20.7 Å². The summed E-state index contributed by atoms with van der Waals surface area (Å²) in [5.74, 6) is -0.529. The van der Waals surface area contributed by atoms with Gasteiger partial charge in [0.1, 0.15) is 0 Å². The molecule has 0 fully saturated rings. The highest BCUT2D eigenvalue weighted by Gasteiger charge is 2.10. The second-order valence-electron chi connectivity index (χ2n) is 4.94. The van der Waals surface area contributed by atoms with Crippen LogP contribution in [0.2, 0.25) is 0 Å². The number of nitrogens with one attached hydrogen (secondary N) is 1. The number of sulfone groups is 1. The van der Waals surface area contributed by atoms with E-state index in [-0.39, 0.29) is 10.6 Å². The molecule has 0 aliphatic rings. The molecule has 1 N–H and O–H groups in total. The quantitative estimate of drug-likeness (QED) is 0.509. The lowest BCUT2D eigenvalue weighted by Gasteiger charge is -2.04. The van der Waals surface area contributed by atoms with Crippen LogP contribution in [0.5, 0.6) is 0 Å². The van der Waals surface area contributed by atoms with Crippen molar-refractivity contribution in [1.29, 1.82) is 0 Å². The Morgan fingerprint density at radius 3 is 2.54 bits per heavy atom. The van der Waals surface area contributed by atoms with Gasteiger partial charge in [-0.05, 0) is 30.3 Å². The predicted octanol–water partition coefficient (Wildman–Crippen LogP) is 2.65. The zero-order valence-corrected chi connectivity index (χ0v) is 13.5. The molecule has 0 spiro atoms. The first-order valence-corrected chi connectivity index (χ1v) is 8.69. The fraction of sp³-hybridized carbons (Fsp3) is 0.0625. The molecule has 0 saturated heterocycles. The van der Waals surface area contributed by atoms with Crippen LogP contribution in [0, 0.1) is 10.1 Å². The summed E-state index contributed by atoms with van der Waals surface area (Å²) in [5, 5.41) is 13.4. The van der Waals surface area contributed by atoms with Gasteiger partial charge in [-0.15, -0.1) is 0 Å². The lowest BCUT2D eigenvalue weighted by atomic mass is 10.1. The average Bonchev–Trinajstić information content (AvgIpc) is 2.52. The molecular formula is C16H14N2O5S. The van der Waals surface area contributed by atoms with Crippen LogP contribution < -0.4 is 5.32 Å². The van der Waals surface area contributed by atoms with Crippen LogP contribution in [0.15, 0.2) is 59.5 Å². The van der Waals surface area contributed by atoms with Crippen molar-refractivity contribution in [3.63, 3.8) is 0 Å². The number of carbonyl (C=O) groups excluding carboxylic acids is 1. The van der Waals surface area contributed by atoms with E-state index >= 15 is 0 Å². The fourth-order valence-corrected chi connectivity index (χ4v) is 2.62. The number of benzene rings is 2. The molecule has 0 unspecified atom stereocenters. The van der Waals surface area contributed by atoms with Crippen molar-refractivity contribution in [2.45, 2.75) is 4.90 Å². The van der Waals surface area contributed by atoms with E-state index in [0.29, 0.717) is 11.3 Å². The average molecular weight is 346 g/mol. The van der Waals surface area contributed by atoms with E-state index in [1.165, 1.54) is 42.5 Å². The maximum Gasteiger partial charge on any atom is 0.276 e. The van der Waals surface area contributed by atoms with Gasteiger partial charge in [0.2, 0.25) is 5.91 Å². The second-order valence-corrected chi connectivity index (χ2v) is 6.95. The molecule has 124 valence electrons. The van der Waals surface area contributed by atoms with E-state index in [9.17, 15) is 23.3 Å². The lowest BCUT2D eigenvalue weighted by molar-refractivity contribution is -0.385. The van der Waals surface area contributed by atoms with Crippen LogP contribution in [0.3, 0.4) is 0 Å². The van der Waals surface area contributed by atoms with Gasteiger partial charge >= 0.3 is 0 Å². The third-order valence-electron chi connectivity index (χ3n) is 3.08. The van der Waals surface area contributed by atoms with Crippen LogP contribution in [-0.2, 0) is 14.6 Å². The molecule has 0 aromatic heterocycles. The number of nitro benzene ring substituents is 1. The summed E-state index contributed by atoms with van der Waals surface area (Å²) in [6.07, 6.45) is 3.55. The zero-order chi connectivity index (χ0) is 17.7. The molecular weight excluding hydrogens is 332 g/mol. The van der Waals surface area contributed by atoms with Gasteiger partial charge in [0.05, 0.1) is 15.4 Å². The molecule has 7 nitrogen and oxygen atoms in total. The number of para-hydroxylation sites is 1. The van der Waals surface area contributed by atoms with Crippen LogP contribution in [0.1, 0.15) is 5.56 Å². The molecule has 2 rings (SSSR count). The van der Waals surface area contributed by atoms with Crippen molar-refractivity contribution in [3.05, 3.63) is 70.3 Å². The van der Waals surface area contributed by atoms with E-state index in [1.54, 1.807) is 12.1 Å². The number of hydrogen-bond donors (Lipinski definition) is 1. The molecule has 2 aromatic rings. The summed E-state index contributed by atoms with van der Waals surface area (Å²) in [4.78, 5) is 22.4. The Labute approximate surface area is 138 Å². The molecule has 1 amide bonds. The van der Waals surface area contributed by atoms with E-state index in [0.717, 1.165) is 12.3 Å². The fourth-order valence-electron chi connectivity index (χ4n) is 1.95. The SMILES string of the molecule is CS(=O)(=O)c1cccc(NC(=O)/C=C/c2ccccc2[N+](=O)[O-])c1. The first kappa shape index (κ1) is 17.4. The van der Waals surface area contributed by atoms with Gasteiger partial charge in [-0.1, -0.05) is 18.2 Å². The summed E-state index contributed by atoms with van der Waals surface area (Å²) < 4.78 is 23.0. The molecule has 2 aromatic carbocycles. The number of amides is 1. The molecule has 0 aliphatic heterocycles. The van der Waals surface area contributed by atoms with Crippen LogP contribution in [0.4, 0.5) is 11.4 Å². The molecule has 0 bridgehead atoms. The van der Waals surface area contributed by atoms with Gasteiger partial charge in [0, 0.05) is 24.1 Å². The van der Waals surface area contributed by atoms with Crippen molar-refractivity contribution >= 4 is 33.2 Å². The Hall–Kier alpha value is -3.00. The first-order chi connectivity index (χ1) is 11.3. The monoisotopic (exact) mass is 346 g/mol. The Bertz CT molecular complexity index is 920. The van der Waals surface area contributed by atoms with Gasteiger partial charge in [-0.2, -0.15) is 0 Å². The van der Waals surface area contributed by atoms with Gasteiger partial charge < -0.3 is 5.32 Å². The van der Waals surface area contributed by atoms with E-state index in [4.69, 9.17) is 0 Å². The first-order valence-electron chi connectivity index (χ1n) is 6.80. The highest BCUT2D eigenvalue weighted by atomic mass is 32.2. The molecule has 0 atom stereocenters. The van der Waals surface area contributed by atoms with Gasteiger partial charge in [-0.25, -0.2) is 8.42 Å². The zero-order valence-electron chi connectivity index (χ0n) is 12.7. The molecule has 8 heteroatoms. The Balaban J connectivity index is 2.16. The van der Waals surface area contributed by atoms with E-state index in [1.807, 2.05) is 0 Å². The molecule has 0 heterocycles. The van der Waals surface area contributed by atoms with Crippen LogP contribution >= 0.6 is 0 Å². The standard InChI is InChI=1S/C16H14N2O5S/c1-24(22,23)14-7-4-6-13(11-14)17-16(19)10-9-12-5-2-3-8-15(12)18(20)21/h2-11H,1H3,(H,17,19)/b10-9+. The number of carbonyl (C=O) groups is 1.